The van der Waals surface area contributed by atoms with Crippen LogP contribution >= 0.6 is 0 Å². The molecule has 0 aromatic carbocycles. The van der Waals surface area contributed by atoms with Gasteiger partial charge in [-0.3, -0.25) is 0 Å². The number of aliphatic hydroxyl groups excluding tert-OH is 1. The number of alkyl halides is 3. The van der Waals surface area contributed by atoms with E-state index < -0.39 is 17.7 Å². The SMILES string of the molecule is C=CC(C)(C(O)C1CCCCC1)C(F)(F)F. The molecule has 4 heteroatoms. The lowest BCUT2D eigenvalue weighted by molar-refractivity contribution is -0.237. The quantitative estimate of drug-likeness (QED) is 0.741. The molecule has 0 radical (unpaired) electrons. The molecule has 1 nitrogen and oxygen atoms in total. The van der Waals surface area contributed by atoms with E-state index in [2.05, 4.69) is 6.58 Å². The van der Waals surface area contributed by atoms with Gasteiger partial charge >= 0.3 is 6.18 Å². The molecule has 94 valence electrons. The van der Waals surface area contributed by atoms with Gasteiger partial charge in [-0.05, 0) is 25.7 Å². The summed E-state index contributed by atoms with van der Waals surface area (Å²) in [5.41, 5.74) is -2.19. The Bertz CT molecular complexity index is 243. The molecule has 0 saturated heterocycles. The van der Waals surface area contributed by atoms with E-state index in [1.165, 1.54) is 0 Å². The lowest BCUT2D eigenvalue weighted by atomic mass is 9.72. The Morgan fingerprint density at radius 1 is 1.25 bits per heavy atom. The molecule has 2 atom stereocenters. The Hall–Kier alpha value is -0.510. The molecule has 0 amide bonds. The minimum atomic E-state index is -4.44. The summed E-state index contributed by atoms with van der Waals surface area (Å²) in [4.78, 5) is 0. The number of halogens is 3. The average Bonchev–Trinajstić information content (AvgIpc) is 2.26. The van der Waals surface area contributed by atoms with Crippen LogP contribution in [0.5, 0.6) is 0 Å². The number of rotatable bonds is 3. The van der Waals surface area contributed by atoms with Gasteiger partial charge in [0.05, 0.1) is 6.10 Å². The van der Waals surface area contributed by atoms with E-state index in [4.69, 9.17) is 0 Å². The van der Waals surface area contributed by atoms with Gasteiger partial charge in [0.1, 0.15) is 5.41 Å². The van der Waals surface area contributed by atoms with Gasteiger partial charge in [0.15, 0.2) is 0 Å². The van der Waals surface area contributed by atoms with Gasteiger partial charge < -0.3 is 5.11 Å². The first-order valence-corrected chi connectivity index (χ1v) is 5.71. The van der Waals surface area contributed by atoms with Crippen LogP contribution in [0.25, 0.3) is 0 Å². The summed E-state index contributed by atoms with van der Waals surface area (Å²) >= 11 is 0. The second-order valence-corrected chi connectivity index (χ2v) is 4.83. The molecule has 0 heterocycles. The first-order chi connectivity index (χ1) is 7.33. The molecule has 2 unspecified atom stereocenters. The van der Waals surface area contributed by atoms with E-state index in [0.29, 0.717) is 12.8 Å². The van der Waals surface area contributed by atoms with E-state index in [1.54, 1.807) is 0 Å². The van der Waals surface area contributed by atoms with Crippen molar-refractivity contribution in [1.29, 1.82) is 0 Å². The lowest BCUT2D eigenvalue weighted by Crippen LogP contribution is -2.47. The van der Waals surface area contributed by atoms with Crippen molar-refractivity contribution in [3.8, 4) is 0 Å². The summed E-state index contributed by atoms with van der Waals surface area (Å²) in [5.74, 6) is -0.252. The summed E-state index contributed by atoms with van der Waals surface area (Å²) in [6, 6.07) is 0. The smallest absolute Gasteiger partial charge is 0.392 e. The summed E-state index contributed by atoms with van der Waals surface area (Å²) in [6.45, 7) is 4.26. The third-order valence-electron chi connectivity index (χ3n) is 3.75. The molecular weight excluding hydrogens is 217 g/mol. The van der Waals surface area contributed by atoms with Gasteiger partial charge in [0.2, 0.25) is 0 Å². The van der Waals surface area contributed by atoms with E-state index >= 15 is 0 Å². The van der Waals surface area contributed by atoms with Crippen molar-refractivity contribution in [2.24, 2.45) is 11.3 Å². The minimum Gasteiger partial charge on any atom is -0.392 e. The standard InChI is InChI=1S/C12H19F3O/c1-3-11(2,12(13,14)15)10(16)9-7-5-4-6-8-9/h3,9-10,16H,1,4-8H2,2H3. The molecule has 1 N–H and O–H groups in total. The first kappa shape index (κ1) is 13.6. The Labute approximate surface area is 94.3 Å². The average molecular weight is 236 g/mol. The molecule has 0 bridgehead atoms. The second kappa shape index (κ2) is 4.78. The second-order valence-electron chi connectivity index (χ2n) is 4.83. The Morgan fingerprint density at radius 3 is 2.12 bits per heavy atom. The molecule has 1 rings (SSSR count). The Morgan fingerprint density at radius 2 is 1.75 bits per heavy atom. The van der Waals surface area contributed by atoms with Crippen LogP contribution in [0.3, 0.4) is 0 Å². The number of hydrogen-bond acceptors (Lipinski definition) is 1. The maximum atomic E-state index is 12.9. The van der Waals surface area contributed by atoms with Crippen LogP contribution in [0, 0.1) is 11.3 Å². The summed E-state index contributed by atoms with van der Waals surface area (Å²) < 4.78 is 38.6. The molecule has 16 heavy (non-hydrogen) atoms. The zero-order valence-electron chi connectivity index (χ0n) is 9.56. The zero-order chi connectivity index (χ0) is 12.4. The van der Waals surface area contributed by atoms with Gasteiger partial charge in [-0.1, -0.05) is 25.3 Å². The number of hydrogen-bond donors (Lipinski definition) is 1. The third kappa shape index (κ3) is 2.42. The predicted molar refractivity (Wildman–Crippen MR) is 56.9 cm³/mol. The van der Waals surface area contributed by atoms with Crippen LogP contribution in [-0.4, -0.2) is 17.4 Å². The van der Waals surface area contributed by atoms with Crippen LogP contribution in [0.4, 0.5) is 13.2 Å². The highest BCUT2D eigenvalue weighted by Gasteiger charge is 2.55. The van der Waals surface area contributed by atoms with Crippen LogP contribution in [0.2, 0.25) is 0 Å². The van der Waals surface area contributed by atoms with Gasteiger partial charge in [0.25, 0.3) is 0 Å². The topological polar surface area (TPSA) is 20.2 Å². The molecular formula is C12H19F3O. The maximum absolute atomic E-state index is 12.9. The molecule has 1 fully saturated rings. The summed E-state index contributed by atoms with van der Waals surface area (Å²) in [6.07, 6.45) is -0.732. The van der Waals surface area contributed by atoms with Gasteiger partial charge in [0, 0.05) is 0 Å². The van der Waals surface area contributed by atoms with Gasteiger partial charge in [-0.15, -0.1) is 6.58 Å². The van der Waals surface area contributed by atoms with Crippen molar-refractivity contribution in [1.82, 2.24) is 0 Å². The highest BCUT2D eigenvalue weighted by molar-refractivity contribution is 5.04. The molecule has 0 aromatic heterocycles. The fraction of sp³-hybridized carbons (Fsp3) is 0.833. The van der Waals surface area contributed by atoms with E-state index in [0.717, 1.165) is 32.3 Å². The molecule has 0 spiro atoms. The molecule has 0 aliphatic heterocycles. The van der Waals surface area contributed by atoms with Crippen LogP contribution in [-0.2, 0) is 0 Å². The van der Waals surface area contributed by atoms with Crippen molar-refractivity contribution in [3.63, 3.8) is 0 Å². The predicted octanol–water partition coefficient (Wildman–Crippen LogP) is 3.68. The zero-order valence-corrected chi connectivity index (χ0v) is 9.56. The fourth-order valence-corrected chi connectivity index (χ4v) is 2.34. The monoisotopic (exact) mass is 236 g/mol. The molecule has 0 aromatic rings. The van der Waals surface area contributed by atoms with E-state index in [-0.39, 0.29) is 5.92 Å². The maximum Gasteiger partial charge on any atom is 0.400 e. The van der Waals surface area contributed by atoms with Crippen LogP contribution in [0.15, 0.2) is 12.7 Å². The van der Waals surface area contributed by atoms with E-state index in [1.807, 2.05) is 0 Å². The number of aliphatic hydroxyl groups is 1. The first-order valence-electron chi connectivity index (χ1n) is 5.71. The van der Waals surface area contributed by atoms with Crippen LogP contribution < -0.4 is 0 Å². The highest BCUT2D eigenvalue weighted by atomic mass is 19.4. The van der Waals surface area contributed by atoms with Crippen molar-refractivity contribution >= 4 is 0 Å². The fourth-order valence-electron chi connectivity index (χ4n) is 2.34. The summed E-state index contributed by atoms with van der Waals surface area (Å²) in [7, 11) is 0. The normalized spacial score (nSPS) is 24.8. The Balaban J connectivity index is 2.82. The third-order valence-corrected chi connectivity index (χ3v) is 3.75. The summed E-state index contributed by atoms with van der Waals surface area (Å²) in [5, 5.41) is 9.94. The highest BCUT2D eigenvalue weighted by Crippen LogP contribution is 2.46. The van der Waals surface area contributed by atoms with Crippen molar-refractivity contribution in [3.05, 3.63) is 12.7 Å². The molecule has 1 saturated carbocycles. The Kier molecular flexibility index (Phi) is 4.05. The van der Waals surface area contributed by atoms with E-state index in [9.17, 15) is 18.3 Å². The van der Waals surface area contributed by atoms with Gasteiger partial charge in [-0.2, -0.15) is 13.2 Å². The molecule has 1 aliphatic carbocycles. The van der Waals surface area contributed by atoms with Crippen molar-refractivity contribution < 1.29 is 18.3 Å². The van der Waals surface area contributed by atoms with Gasteiger partial charge in [-0.25, -0.2) is 0 Å². The lowest BCUT2D eigenvalue weighted by Gasteiger charge is -2.39. The van der Waals surface area contributed by atoms with Crippen molar-refractivity contribution in [2.75, 3.05) is 0 Å². The minimum absolute atomic E-state index is 0.252. The largest absolute Gasteiger partial charge is 0.400 e. The van der Waals surface area contributed by atoms with Crippen LogP contribution in [0.1, 0.15) is 39.0 Å². The van der Waals surface area contributed by atoms with Crippen molar-refractivity contribution in [2.45, 2.75) is 51.3 Å². The molecule has 1 aliphatic rings.